The zero-order chi connectivity index (χ0) is 14.1. The summed E-state index contributed by atoms with van der Waals surface area (Å²) in [6.45, 7) is 0. The lowest BCUT2D eigenvalue weighted by Gasteiger charge is -2.20. The zero-order valence-corrected chi connectivity index (χ0v) is 9.01. The first-order valence-electron chi connectivity index (χ1n) is 4.69. The van der Waals surface area contributed by atoms with Crippen LogP contribution < -0.4 is 5.32 Å². The summed E-state index contributed by atoms with van der Waals surface area (Å²) >= 11 is 0. The Labute approximate surface area is 97.6 Å². The quantitative estimate of drug-likeness (QED) is 0.828. The Morgan fingerprint density at radius 2 is 1.61 bits per heavy atom. The van der Waals surface area contributed by atoms with Crippen LogP contribution in [0.2, 0.25) is 0 Å². The van der Waals surface area contributed by atoms with Gasteiger partial charge in [0.1, 0.15) is 5.82 Å². The molecule has 8 heteroatoms. The van der Waals surface area contributed by atoms with Crippen molar-refractivity contribution < 1.29 is 30.7 Å². The van der Waals surface area contributed by atoms with E-state index in [-0.39, 0.29) is 5.69 Å². The molecule has 18 heavy (non-hydrogen) atoms. The van der Waals surface area contributed by atoms with Crippen LogP contribution in [-0.2, 0) is 6.42 Å². The predicted octanol–water partition coefficient (Wildman–Crippen LogP) is 3.75. The van der Waals surface area contributed by atoms with E-state index in [2.05, 4.69) is 5.32 Å². The van der Waals surface area contributed by atoms with Crippen molar-refractivity contribution in [3.8, 4) is 0 Å². The van der Waals surface area contributed by atoms with Gasteiger partial charge in [-0.1, -0.05) is 0 Å². The van der Waals surface area contributed by atoms with Gasteiger partial charge in [0.15, 0.2) is 5.82 Å². The van der Waals surface area contributed by atoms with Crippen LogP contribution >= 0.6 is 0 Å². The molecule has 0 amide bonds. The molecule has 0 aromatic heterocycles. The third-order valence-electron chi connectivity index (χ3n) is 2.27. The summed E-state index contributed by atoms with van der Waals surface area (Å²) in [6, 6.07) is 1.52. The van der Waals surface area contributed by atoms with E-state index in [1.54, 1.807) is 0 Å². The lowest BCUT2D eigenvalue weighted by molar-refractivity contribution is -0.281. The highest BCUT2D eigenvalue weighted by Crippen LogP contribution is 2.39. The minimum Gasteiger partial charge on any atom is -0.386 e. The van der Waals surface area contributed by atoms with Gasteiger partial charge in [-0.2, -0.15) is 22.0 Å². The minimum absolute atomic E-state index is 0.357. The van der Waals surface area contributed by atoms with Crippen LogP contribution in [0.25, 0.3) is 0 Å². The minimum atomic E-state index is -5.86. The van der Waals surface area contributed by atoms with Gasteiger partial charge in [-0.05, 0) is 12.1 Å². The summed E-state index contributed by atoms with van der Waals surface area (Å²) < 4.78 is 87.9. The SMILES string of the molecule is CNc1ccc(F)c(CC(F)(F)C(F)(F)F)c1F. The molecular formula is C10H8F7N. The molecule has 1 aromatic carbocycles. The largest absolute Gasteiger partial charge is 0.453 e. The molecule has 0 unspecified atom stereocenters. The van der Waals surface area contributed by atoms with E-state index < -0.39 is 35.7 Å². The molecule has 0 fully saturated rings. The fraction of sp³-hybridized carbons (Fsp3) is 0.400. The predicted molar refractivity (Wildman–Crippen MR) is 50.6 cm³/mol. The van der Waals surface area contributed by atoms with Crippen molar-refractivity contribution in [3.05, 3.63) is 29.3 Å². The van der Waals surface area contributed by atoms with Crippen LogP contribution in [-0.4, -0.2) is 19.1 Å². The maximum atomic E-state index is 13.4. The van der Waals surface area contributed by atoms with E-state index in [1.807, 2.05) is 0 Å². The van der Waals surface area contributed by atoms with E-state index >= 15 is 0 Å². The van der Waals surface area contributed by atoms with E-state index in [4.69, 9.17) is 0 Å². The van der Waals surface area contributed by atoms with Gasteiger partial charge in [-0.15, -0.1) is 0 Å². The average Bonchev–Trinajstić information content (AvgIpc) is 2.23. The summed E-state index contributed by atoms with van der Waals surface area (Å²) in [6.07, 6.45) is -7.94. The second-order valence-corrected chi connectivity index (χ2v) is 3.52. The second-order valence-electron chi connectivity index (χ2n) is 3.52. The first kappa shape index (κ1) is 14.6. The van der Waals surface area contributed by atoms with Crippen molar-refractivity contribution in [2.24, 2.45) is 0 Å². The first-order chi connectivity index (χ1) is 8.10. The molecule has 0 spiro atoms. The molecule has 0 aliphatic heterocycles. The van der Waals surface area contributed by atoms with Gasteiger partial charge in [0.05, 0.1) is 12.1 Å². The number of alkyl halides is 5. The monoisotopic (exact) mass is 275 g/mol. The Morgan fingerprint density at radius 1 is 1.06 bits per heavy atom. The number of hydrogen-bond acceptors (Lipinski definition) is 1. The summed E-state index contributed by atoms with van der Waals surface area (Å²) in [5, 5.41) is 2.22. The Bertz CT molecular complexity index is 439. The number of nitrogens with one attached hydrogen (secondary N) is 1. The van der Waals surface area contributed by atoms with Crippen LogP contribution in [0.5, 0.6) is 0 Å². The fourth-order valence-electron chi connectivity index (χ4n) is 1.28. The number of anilines is 1. The van der Waals surface area contributed by atoms with Gasteiger partial charge in [-0.3, -0.25) is 0 Å². The van der Waals surface area contributed by atoms with Crippen molar-refractivity contribution in [1.29, 1.82) is 0 Å². The first-order valence-corrected chi connectivity index (χ1v) is 4.69. The van der Waals surface area contributed by atoms with Gasteiger partial charge >= 0.3 is 12.1 Å². The van der Waals surface area contributed by atoms with Crippen LogP contribution in [0, 0.1) is 11.6 Å². The Balaban J connectivity index is 3.19. The van der Waals surface area contributed by atoms with Gasteiger partial charge in [0.2, 0.25) is 0 Å². The van der Waals surface area contributed by atoms with E-state index in [0.717, 1.165) is 6.07 Å². The Hall–Kier alpha value is -1.47. The summed E-state index contributed by atoms with van der Waals surface area (Å²) in [4.78, 5) is 0. The molecule has 1 N–H and O–H groups in total. The van der Waals surface area contributed by atoms with Crippen molar-refractivity contribution in [3.63, 3.8) is 0 Å². The Morgan fingerprint density at radius 3 is 2.06 bits per heavy atom. The van der Waals surface area contributed by atoms with Crippen molar-refractivity contribution in [1.82, 2.24) is 0 Å². The third kappa shape index (κ3) is 2.68. The maximum absolute atomic E-state index is 13.4. The van der Waals surface area contributed by atoms with E-state index in [1.165, 1.54) is 7.05 Å². The van der Waals surface area contributed by atoms with Crippen molar-refractivity contribution >= 4 is 5.69 Å². The van der Waals surface area contributed by atoms with Gasteiger partial charge in [0, 0.05) is 12.6 Å². The lowest BCUT2D eigenvalue weighted by Crippen LogP contribution is -2.39. The Kier molecular flexibility index (Phi) is 3.78. The molecule has 0 saturated carbocycles. The second kappa shape index (κ2) is 4.66. The number of benzene rings is 1. The standard InChI is InChI=1S/C10H8F7N/c1-18-7-3-2-6(11)5(8(7)12)4-9(13,14)10(15,16)17/h2-3,18H,4H2,1H3. The zero-order valence-electron chi connectivity index (χ0n) is 9.01. The molecule has 1 rings (SSSR count). The lowest BCUT2D eigenvalue weighted by atomic mass is 10.0. The normalized spacial score (nSPS) is 12.7. The molecule has 1 nitrogen and oxygen atoms in total. The van der Waals surface area contributed by atoms with Gasteiger partial charge in [0.25, 0.3) is 0 Å². The van der Waals surface area contributed by atoms with Gasteiger partial charge < -0.3 is 5.32 Å². The van der Waals surface area contributed by atoms with E-state index in [0.29, 0.717) is 6.07 Å². The molecule has 0 heterocycles. The summed E-state index contributed by atoms with van der Waals surface area (Å²) in [5.74, 6) is -8.10. The maximum Gasteiger partial charge on any atom is 0.453 e. The third-order valence-corrected chi connectivity index (χ3v) is 2.27. The smallest absolute Gasteiger partial charge is 0.386 e. The van der Waals surface area contributed by atoms with Crippen LogP contribution in [0.4, 0.5) is 36.4 Å². The van der Waals surface area contributed by atoms with Crippen LogP contribution in [0.15, 0.2) is 12.1 Å². The summed E-state index contributed by atoms with van der Waals surface area (Å²) in [7, 11) is 1.22. The topological polar surface area (TPSA) is 12.0 Å². The highest BCUT2D eigenvalue weighted by molar-refractivity contribution is 5.48. The molecular weight excluding hydrogens is 267 g/mol. The number of rotatable bonds is 3. The van der Waals surface area contributed by atoms with Gasteiger partial charge in [-0.25, -0.2) is 8.78 Å². The number of hydrogen-bond donors (Lipinski definition) is 1. The van der Waals surface area contributed by atoms with Crippen molar-refractivity contribution in [2.75, 3.05) is 12.4 Å². The molecule has 0 atom stereocenters. The average molecular weight is 275 g/mol. The highest BCUT2D eigenvalue weighted by Gasteiger charge is 2.57. The summed E-state index contributed by atoms with van der Waals surface area (Å²) in [5.41, 5.74) is -1.66. The molecule has 0 saturated heterocycles. The number of halogens is 7. The molecule has 0 aliphatic rings. The molecule has 1 aromatic rings. The van der Waals surface area contributed by atoms with Crippen molar-refractivity contribution in [2.45, 2.75) is 18.5 Å². The molecule has 0 bridgehead atoms. The van der Waals surface area contributed by atoms with Crippen LogP contribution in [0.3, 0.4) is 0 Å². The molecule has 0 aliphatic carbocycles. The fourth-order valence-corrected chi connectivity index (χ4v) is 1.28. The highest BCUT2D eigenvalue weighted by atomic mass is 19.4. The molecule has 0 radical (unpaired) electrons. The van der Waals surface area contributed by atoms with E-state index in [9.17, 15) is 30.7 Å². The molecule has 102 valence electrons. The van der Waals surface area contributed by atoms with Crippen LogP contribution in [0.1, 0.15) is 5.56 Å².